The monoisotopic (exact) mass is 881 g/mol. The first-order chi connectivity index (χ1) is 34.2. The van der Waals surface area contributed by atoms with Gasteiger partial charge >= 0.3 is 0 Å². The lowest BCUT2D eigenvalue weighted by atomic mass is 10.0. The molecule has 10 aromatic carbocycles. The summed E-state index contributed by atoms with van der Waals surface area (Å²) in [6.45, 7) is 0. The highest BCUT2D eigenvalue weighted by molar-refractivity contribution is 6.24. The molecule has 0 amide bonds. The minimum absolute atomic E-state index is 0.533. The number of fused-ring (bicyclic) bond motifs is 10. The third-order valence-electron chi connectivity index (χ3n) is 13.6. The van der Waals surface area contributed by atoms with Crippen molar-refractivity contribution < 1.29 is 4.42 Å². The number of hydrogen-bond donors (Lipinski definition) is 0. The van der Waals surface area contributed by atoms with Crippen molar-refractivity contribution in [1.82, 2.24) is 24.1 Å². The van der Waals surface area contributed by atoms with Crippen molar-refractivity contribution in [3.05, 3.63) is 237 Å². The first-order valence-electron chi connectivity index (χ1n) is 23.3. The predicted molar refractivity (Wildman–Crippen MR) is 283 cm³/mol. The van der Waals surface area contributed by atoms with Crippen molar-refractivity contribution >= 4 is 65.6 Å². The largest absolute Gasteiger partial charge is 0.455 e. The molecule has 0 radical (unpaired) electrons. The number of hydrogen-bond acceptors (Lipinski definition) is 4. The Morgan fingerprint density at radius 2 is 0.739 bits per heavy atom. The van der Waals surface area contributed by atoms with Crippen LogP contribution < -0.4 is 0 Å². The van der Waals surface area contributed by atoms with Crippen LogP contribution in [-0.4, -0.2) is 24.1 Å². The SMILES string of the molecule is c1ccc(-c2ccc(-c3nc(-c4ccc(-c5ccccc5)cc4)nc(-n4c5ccccc5c5ccc6c7ccccc7n(-c7cc(-c8ccccc8)c8oc9ccccc9c8c7)c6c54)n3)cc2)cc1. The van der Waals surface area contributed by atoms with Crippen LogP contribution in [0, 0.1) is 0 Å². The lowest BCUT2D eigenvalue weighted by molar-refractivity contribution is 0.670. The average Bonchev–Trinajstić information content (AvgIpc) is 4.09. The third-order valence-corrected chi connectivity index (χ3v) is 13.6. The zero-order valence-electron chi connectivity index (χ0n) is 37.2. The fraction of sp³-hybridized carbons (Fsp3) is 0. The van der Waals surface area contributed by atoms with Gasteiger partial charge < -0.3 is 8.98 Å². The minimum atomic E-state index is 0.533. The van der Waals surface area contributed by atoms with Gasteiger partial charge in [-0.2, -0.15) is 9.97 Å². The molecule has 14 rings (SSSR count). The van der Waals surface area contributed by atoms with Gasteiger partial charge in [-0.15, -0.1) is 0 Å². The van der Waals surface area contributed by atoms with Gasteiger partial charge in [0.2, 0.25) is 5.95 Å². The van der Waals surface area contributed by atoms with E-state index in [0.717, 1.165) is 116 Å². The summed E-state index contributed by atoms with van der Waals surface area (Å²) in [5.74, 6) is 1.71. The van der Waals surface area contributed by atoms with Gasteiger partial charge in [-0.1, -0.05) is 206 Å². The van der Waals surface area contributed by atoms with Crippen LogP contribution in [0.3, 0.4) is 0 Å². The van der Waals surface area contributed by atoms with Crippen LogP contribution >= 0.6 is 0 Å². The molecule has 0 saturated carbocycles. The van der Waals surface area contributed by atoms with E-state index < -0.39 is 0 Å². The molecular formula is C63H39N5O. The Morgan fingerprint density at radius 1 is 0.304 bits per heavy atom. The first kappa shape index (κ1) is 38.8. The van der Waals surface area contributed by atoms with Crippen LogP contribution in [-0.2, 0) is 0 Å². The Balaban J connectivity index is 1.07. The maximum Gasteiger partial charge on any atom is 0.238 e. The molecule has 6 heteroatoms. The van der Waals surface area contributed by atoms with Gasteiger partial charge in [0.1, 0.15) is 11.2 Å². The van der Waals surface area contributed by atoms with E-state index in [9.17, 15) is 0 Å². The zero-order chi connectivity index (χ0) is 45.4. The molecule has 0 atom stereocenters. The van der Waals surface area contributed by atoms with Crippen LogP contribution in [0.25, 0.3) is 133 Å². The van der Waals surface area contributed by atoms with Gasteiger partial charge in [0.25, 0.3) is 0 Å². The Bertz CT molecular complexity index is 4170. The fourth-order valence-electron chi connectivity index (χ4n) is 10.4. The van der Waals surface area contributed by atoms with E-state index >= 15 is 0 Å². The molecule has 0 saturated heterocycles. The second kappa shape index (κ2) is 15.6. The molecule has 0 bridgehead atoms. The second-order valence-electron chi connectivity index (χ2n) is 17.6. The summed E-state index contributed by atoms with van der Waals surface area (Å²) in [5.41, 5.74) is 15.4. The van der Waals surface area contributed by atoms with Crippen LogP contribution in [0.4, 0.5) is 0 Å². The summed E-state index contributed by atoms with van der Waals surface area (Å²) in [6, 6.07) is 83.3. The molecule has 6 nitrogen and oxygen atoms in total. The van der Waals surface area contributed by atoms with Crippen molar-refractivity contribution in [3.63, 3.8) is 0 Å². The summed E-state index contributed by atoms with van der Waals surface area (Å²) in [4.78, 5) is 16.1. The van der Waals surface area contributed by atoms with Gasteiger partial charge in [-0.3, -0.25) is 4.57 Å². The molecule has 4 heterocycles. The normalized spacial score (nSPS) is 11.8. The Hall–Kier alpha value is -9.39. The van der Waals surface area contributed by atoms with E-state index in [0.29, 0.717) is 17.6 Å². The van der Waals surface area contributed by atoms with E-state index in [2.05, 4.69) is 228 Å². The molecule has 322 valence electrons. The van der Waals surface area contributed by atoms with Gasteiger partial charge in [0, 0.05) is 54.7 Å². The number of benzene rings is 10. The summed E-state index contributed by atoms with van der Waals surface area (Å²) >= 11 is 0. The van der Waals surface area contributed by atoms with E-state index in [-0.39, 0.29) is 0 Å². The first-order valence-corrected chi connectivity index (χ1v) is 23.3. The zero-order valence-corrected chi connectivity index (χ0v) is 37.2. The predicted octanol–water partition coefficient (Wildman–Crippen LogP) is 16.3. The van der Waals surface area contributed by atoms with Crippen molar-refractivity contribution in [1.29, 1.82) is 0 Å². The lowest BCUT2D eigenvalue weighted by Gasteiger charge is -2.14. The van der Waals surface area contributed by atoms with E-state index in [1.807, 2.05) is 18.2 Å². The van der Waals surface area contributed by atoms with Gasteiger partial charge in [0.05, 0.1) is 22.1 Å². The topological polar surface area (TPSA) is 61.7 Å². The summed E-state index contributed by atoms with van der Waals surface area (Å²) in [6.07, 6.45) is 0. The Morgan fingerprint density at radius 3 is 1.30 bits per heavy atom. The van der Waals surface area contributed by atoms with Crippen molar-refractivity contribution in [3.8, 4) is 67.8 Å². The summed E-state index contributed by atoms with van der Waals surface area (Å²) in [5, 5.41) is 6.62. The standard InChI is InChI=1S/C63H39N5O/c1-4-16-40(17-5-1)42-28-32-45(33-29-42)61-64-62(46-34-30-43(31-35-46)41-18-6-2-7-19-41)66-63(65-61)68-56-26-14-11-23-49(56)52-37-36-51-48-22-10-13-25-55(48)67(58(51)59(52)68)47-38-53(44-20-8-3-9-21-44)60-54(39-47)50-24-12-15-27-57(50)69-60/h1-39H. The Kier molecular flexibility index (Phi) is 8.79. The molecule has 0 aliphatic rings. The van der Waals surface area contributed by atoms with Gasteiger partial charge in [-0.25, -0.2) is 4.98 Å². The minimum Gasteiger partial charge on any atom is -0.455 e. The molecule has 0 spiro atoms. The smallest absolute Gasteiger partial charge is 0.238 e. The van der Waals surface area contributed by atoms with Crippen LogP contribution in [0.5, 0.6) is 0 Å². The molecule has 4 aromatic heterocycles. The highest BCUT2D eigenvalue weighted by Gasteiger charge is 2.25. The maximum atomic E-state index is 6.69. The van der Waals surface area contributed by atoms with Gasteiger partial charge in [-0.05, 0) is 58.1 Å². The third kappa shape index (κ3) is 6.30. The van der Waals surface area contributed by atoms with E-state index in [1.165, 1.54) is 0 Å². The summed E-state index contributed by atoms with van der Waals surface area (Å²) in [7, 11) is 0. The fourth-order valence-corrected chi connectivity index (χ4v) is 10.4. The molecular weight excluding hydrogens is 843 g/mol. The lowest BCUT2D eigenvalue weighted by Crippen LogP contribution is -2.07. The van der Waals surface area contributed by atoms with Crippen molar-refractivity contribution in [2.45, 2.75) is 0 Å². The molecule has 0 fully saturated rings. The molecule has 0 N–H and O–H groups in total. The second-order valence-corrected chi connectivity index (χ2v) is 17.6. The number of furan rings is 1. The number of para-hydroxylation sites is 3. The van der Waals surface area contributed by atoms with E-state index in [4.69, 9.17) is 19.4 Å². The average molecular weight is 882 g/mol. The molecule has 0 aliphatic carbocycles. The van der Waals surface area contributed by atoms with Crippen LogP contribution in [0.1, 0.15) is 0 Å². The highest BCUT2D eigenvalue weighted by atomic mass is 16.3. The molecule has 69 heavy (non-hydrogen) atoms. The van der Waals surface area contributed by atoms with Gasteiger partial charge in [0.15, 0.2) is 11.6 Å². The molecule has 0 unspecified atom stereocenters. The van der Waals surface area contributed by atoms with Crippen LogP contribution in [0.15, 0.2) is 241 Å². The van der Waals surface area contributed by atoms with Crippen molar-refractivity contribution in [2.24, 2.45) is 0 Å². The number of aromatic nitrogens is 5. The van der Waals surface area contributed by atoms with E-state index in [1.54, 1.807) is 0 Å². The highest BCUT2D eigenvalue weighted by Crippen LogP contribution is 2.44. The molecule has 0 aliphatic heterocycles. The number of nitrogens with zero attached hydrogens (tertiary/aromatic N) is 5. The Labute approximate surface area is 396 Å². The summed E-state index contributed by atoms with van der Waals surface area (Å²) < 4.78 is 11.4. The van der Waals surface area contributed by atoms with Crippen LogP contribution in [0.2, 0.25) is 0 Å². The maximum absolute atomic E-state index is 6.69. The molecule has 14 aromatic rings. The van der Waals surface area contributed by atoms with Crippen molar-refractivity contribution in [2.75, 3.05) is 0 Å². The quantitative estimate of drug-likeness (QED) is 0.160. The number of rotatable bonds is 7.